The molecule has 0 saturated heterocycles. The van der Waals surface area contributed by atoms with Gasteiger partial charge in [0.25, 0.3) is 0 Å². The van der Waals surface area contributed by atoms with Gasteiger partial charge >= 0.3 is 0 Å². The normalized spacial score (nSPS) is 10.9. The smallest absolute Gasteiger partial charge is 0.137 e. The highest BCUT2D eigenvalue weighted by atomic mass is 15.1. The quantitative estimate of drug-likeness (QED) is 0.687. The minimum atomic E-state index is 0.970. The molecule has 0 fully saturated rings. The Labute approximate surface area is 132 Å². The van der Waals surface area contributed by atoms with Gasteiger partial charge in [-0.1, -0.05) is 30.3 Å². The molecular formula is C20H22N2. The van der Waals surface area contributed by atoms with Crippen LogP contribution in [0.4, 0.5) is 0 Å². The van der Waals surface area contributed by atoms with Gasteiger partial charge in [0.2, 0.25) is 0 Å². The maximum absolute atomic E-state index is 4.88. The molecule has 2 heterocycles. The summed E-state index contributed by atoms with van der Waals surface area (Å²) >= 11 is 0. The van der Waals surface area contributed by atoms with Crippen molar-refractivity contribution in [1.82, 2.24) is 9.55 Å². The fourth-order valence-corrected chi connectivity index (χ4v) is 2.91. The lowest BCUT2D eigenvalue weighted by atomic mass is 10.1. The van der Waals surface area contributed by atoms with E-state index in [0.29, 0.717) is 0 Å². The van der Waals surface area contributed by atoms with Gasteiger partial charge in [0.05, 0.1) is 0 Å². The van der Waals surface area contributed by atoms with Crippen molar-refractivity contribution in [2.45, 2.75) is 33.6 Å². The van der Waals surface area contributed by atoms with E-state index in [2.05, 4.69) is 79.9 Å². The van der Waals surface area contributed by atoms with Gasteiger partial charge in [-0.05, 0) is 69.0 Å². The van der Waals surface area contributed by atoms with E-state index in [1.54, 1.807) is 0 Å². The summed E-state index contributed by atoms with van der Waals surface area (Å²) in [4.78, 5) is 4.88. The fourth-order valence-electron chi connectivity index (χ4n) is 2.91. The number of aromatic nitrogens is 2. The van der Waals surface area contributed by atoms with Crippen LogP contribution < -0.4 is 0 Å². The summed E-state index contributed by atoms with van der Waals surface area (Å²) in [6, 6.07) is 19.2. The van der Waals surface area contributed by atoms with Crippen molar-refractivity contribution in [3.8, 4) is 5.82 Å². The number of hydrogen-bond acceptors (Lipinski definition) is 1. The molecule has 22 heavy (non-hydrogen) atoms. The van der Waals surface area contributed by atoms with E-state index >= 15 is 0 Å². The first-order valence-corrected chi connectivity index (χ1v) is 7.80. The highest BCUT2D eigenvalue weighted by Gasteiger charge is 2.07. The van der Waals surface area contributed by atoms with Crippen molar-refractivity contribution in [2.24, 2.45) is 0 Å². The van der Waals surface area contributed by atoms with E-state index in [1.807, 2.05) is 0 Å². The molecule has 0 aliphatic carbocycles. The molecule has 3 aromatic rings. The van der Waals surface area contributed by atoms with E-state index in [1.165, 1.54) is 22.5 Å². The molecule has 0 aliphatic heterocycles. The topological polar surface area (TPSA) is 17.8 Å². The number of hydrogen-bond donors (Lipinski definition) is 0. The summed E-state index contributed by atoms with van der Waals surface area (Å²) < 4.78 is 2.22. The second-order valence-corrected chi connectivity index (χ2v) is 5.93. The molecule has 0 amide bonds. The Morgan fingerprint density at radius 2 is 1.50 bits per heavy atom. The Bertz CT molecular complexity index is 750. The SMILES string of the molecule is Cc1cc(CCc2ccccc2)nc(-n2c(C)ccc2C)c1. The van der Waals surface area contributed by atoms with Gasteiger partial charge in [-0.25, -0.2) is 4.98 Å². The molecule has 0 radical (unpaired) electrons. The van der Waals surface area contributed by atoms with Crippen molar-refractivity contribution in [3.63, 3.8) is 0 Å². The first-order chi connectivity index (χ1) is 10.6. The van der Waals surface area contributed by atoms with Crippen LogP contribution in [0.15, 0.2) is 54.6 Å². The first-order valence-electron chi connectivity index (χ1n) is 7.80. The van der Waals surface area contributed by atoms with Crippen molar-refractivity contribution < 1.29 is 0 Å². The Morgan fingerprint density at radius 3 is 2.18 bits per heavy atom. The van der Waals surface area contributed by atoms with Crippen molar-refractivity contribution >= 4 is 0 Å². The maximum atomic E-state index is 4.88. The van der Waals surface area contributed by atoms with Gasteiger partial charge in [-0.2, -0.15) is 0 Å². The van der Waals surface area contributed by atoms with Crippen LogP contribution in [0, 0.1) is 20.8 Å². The van der Waals surface area contributed by atoms with Gasteiger partial charge in [0.15, 0.2) is 0 Å². The molecule has 1 aromatic carbocycles. The predicted octanol–water partition coefficient (Wildman–Crippen LogP) is 4.58. The standard InChI is InChI=1S/C20H22N2/c1-15-13-19(12-11-18-7-5-4-6-8-18)21-20(14-15)22-16(2)9-10-17(22)3/h4-10,13-14H,11-12H2,1-3H3. The Hall–Kier alpha value is -2.35. The largest absolute Gasteiger partial charge is 0.303 e. The van der Waals surface area contributed by atoms with E-state index in [0.717, 1.165) is 24.4 Å². The molecule has 0 N–H and O–H groups in total. The third-order valence-corrected chi connectivity index (χ3v) is 4.02. The van der Waals surface area contributed by atoms with E-state index in [-0.39, 0.29) is 0 Å². The summed E-state index contributed by atoms with van der Waals surface area (Å²) in [5, 5.41) is 0. The minimum Gasteiger partial charge on any atom is -0.303 e. The lowest BCUT2D eigenvalue weighted by molar-refractivity contribution is 0.861. The summed E-state index contributed by atoms with van der Waals surface area (Å²) in [6.07, 6.45) is 2.00. The zero-order valence-corrected chi connectivity index (χ0v) is 13.5. The maximum Gasteiger partial charge on any atom is 0.137 e. The van der Waals surface area contributed by atoms with E-state index < -0.39 is 0 Å². The number of nitrogens with zero attached hydrogens (tertiary/aromatic N) is 2. The van der Waals surface area contributed by atoms with E-state index in [9.17, 15) is 0 Å². The Balaban J connectivity index is 1.87. The average Bonchev–Trinajstić information content (AvgIpc) is 2.85. The van der Waals surface area contributed by atoms with Gasteiger partial charge in [-0.3, -0.25) is 0 Å². The summed E-state index contributed by atoms with van der Waals surface area (Å²) in [7, 11) is 0. The van der Waals surface area contributed by atoms with Crippen LogP contribution in [0.1, 0.15) is 28.2 Å². The van der Waals surface area contributed by atoms with Crippen LogP contribution >= 0.6 is 0 Å². The Kier molecular flexibility index (Phi) is 4.10. The molecule has 2 heteroatoms. The average molecular weight is 290 g/mol. The molecule has 0 saturated carbocycles. The highest BCUT2D eigenvalue weighted by molar-refractivity contribution is 5.36. The second-order valence-electron chi connectivity index (χ2n) is 5.93. The number of pyridine rings is 1. The molecule has 0 spiro atoms. The van der Waals surface area contributed by atoms with Crippen LogP contribution in [-0.2, 0) is 12.8 Å². The monoisotopic (exact) mass is 290 g/mol. The summed E-state index contributed by atoms with van der Waals surface area (Å²) in [5.41, 5.74) is 6.24. The third-order valence-electron chi connectivity index (χ3n) is 4.02. The lowest BCUT2D eigenvalue weighted by Gasteiger charge is -2.12. The summed E-state index contributed by atoms with van der Waals surface area (Å²) in [5.74, 6) is 1.03. The van der Waals surface area contributed by atoms with Gasteiger partial charge in [0, 0.05) is 17.1 Å². The zero-order valence-electron chi connectivity index (χ0n) is 13.5. The summed E-state index contributed by atoms with van der Waals surface area (Å²) in [6.45, 7) is 6.40. The molecule has 3 rings (SSSR count). The predicted molar refractivity (Wildman–Crippen MR) is 91.6 cm³/mol. The van der Waals surface area contributed by atoms with Crippen LogP contribution in [-0.4, -0.2) is 9.55 Å². The first kappa shape index (κ1) is 14.6. The van der Waals surface area contributed by atoms with Crippen molar-refractivity contribution in [3.05, 3.63) is 82.8 Å². The number of benzene rings is 1. The van der Waals surface area contributed by atoms with Crippen molar-refractivity contribution in [2.75, 3.05) is 0 Å². The molecule has 2 nitrogen and oxygen atoms in total. The van der Waals surface area contributed by atoms with Crippen molar-refractivity contribution in [1.29, 1.82) is 0 Å². The van der Waals surface area contributed by atoms with Crippen LogP contribution in [0.5, 0.6) is 0 Å². The lowest BCUT2D eigenvalue weighted by Crippen LogP contribution is -2.05. The van der Waals surface area contributed by atoms with Gasteiger partial charge < -0.3 is 4.57 Å². The highest BCUT2D eigenvalue weighted by Crippen LogP contribution is 2.17. The van der Waals surface area contributed by atoms with Gasteiger partial charge in [-0.15, -0.1) is 0 Å². The number of rotatable bonds is 4. The van der Waals surface area contributed by atoms with Crippen LogP contribution in [0.2, 0.25) is 0 Å². The molecule has 0 aliphatic rings. The van der Waals surface area contributed by atoms with Gasteiger partial charge in [0.1, 0.15) is 5.82 Å². The van der Waals surface area contributed by atoms with Crippen LogP contribution in [0.25, 0.3) is 5.82 Å². The molecule has 0 bridgehead atoms. The van der Waals surface area contributed by atoms with Crippen LogP contribution in [0.3, 0.4) is 0 Å². The second kappa shape index (κ2) is 6.18. The molecule has 0 atom stereocenters. The third kappa shape index (κ3) is 3.11. The minimum absolute atomic E-state index is 0.970. The zero-order chi connectivity index (χ0) is 15.5. The molecule has 112 valence electrons. The molecular weight excluding hydrogens is 268 g/mol. The molecule has 2 aromatic heterocycles. The van der Waals surface area contributed by atoms with E-state index in [4.69, 9.17) is 4.98 Å². The fraction of sp³-hybridized carbons (Fsp3) is 0.250. The molecule has 0 unspecified atom stereocenters. The number of aryl methyl sites for hydroxylation is 5. The Morgan fingerprint density at radius 1 is 0.818 bits per heavy atom.